The molecule has 2 heterocycles. The molecule has 0 atom stereocenters. The first kappa shape index (κ1) is 15.0. The van der Waals surface area contributed by atoms with Crippen molar-refractivity contribution in [2.24, 2.45) is 0 Å². The lowest BCUT2D eigenvalue weighted by Gasteiger charge is -2.26. The van der Waals surface area contributed by atoms with Crippen molar-refractivity contribution in [3.05, 3.63) is 29.6 Å². The van der Waals surface area contributed by atoms with Crippen LogP contribution in [0.3, 0.4) is 0 Å². The summed E-state index contributed by atoms with van der Waals surface area (Å²) in [5, 5.41) is 2.98. The van der Waals surface area contributed by atoms with Crippen LogP contribution in [0.15, 0.2) is 18.2 Å². The highest BCUT2D eigenvalue weighted by molar-refractivity contribution is 5.81. The van der Waals surface area contributed by atoms with Crippen LogP contribution in [0.2, 0.25) is 0 Å². The number of hydrogen-bond donors (Lipinski definition) is 2. The van der Waals surface area contributed by atoms with Crippen molar-refractivity contribution in [2.45, 2.75) is 13.3 Å². The Labute approximate surface area is 129 Å². The van der Waals surface area contributed by atoms with Crippen LogP contribution in [-0.2, 0) is 16.0 Å². The molecule has 6 heteroatoms. The molecular formula is C16H22N4O2. The van der Waals surface area contributed by atoms with Crippen LogP contribution in [0.4, 0.5) is 0 Å². The van der Waals surface area contributed by atoms with Gasteiger partial charge in [0.05, 0.1) is 30.7 Å². The summed E-state index contributed by atoms with van der Waals surface area (Å²) in [5.74, 6) is 0.950. The van der Waals surface area contributed by atoms with E-state index in [9.17, 15) is 4.79 Å². The molecule has 0 bridgehead atoms. The van der Waals surface area contributed by atoms with Crippen molar-refractivity contribution >= 4 is 16.9 Å². The van der Waals surface area contributed by atoms with Gasteiger partial charge in [0, 0.05) is 26.2 Å². The van der Waals surface area contributed by atoms with Crippen LogP contribution in [0.25, 0.3) is 11.0 Å². The van der Waals surface area contributed by atoms with E-state index < -0.39 is 0 Å². The average Bonchev–Trinajstić information content (AvgIpc) is 2.87. The molecule has 0 saturated carbocycles. The van der Waals surface area contributed by atoms with Gasteiger partial charge in [0.15, 0.2) is 0 Å². The van der Waals surface area contributed by atoms with Crippen LogP contribution < -0.4 is 5.32 Å². The monoisotopic (exact) mass is 302 g/mol. The zero-order valence-electron chi connectivity index (χ0n) is 12.9. The van der Waals surface area contributed by atoms with Gasteiger partial charge in [-0.1, -0.05) is 6.07 Å². The Morgan fingerprint density at radius 1 is 1.41 bits per heavy atom. The lowest BCUT2D eigenvalue weighted by molar-refractivity contribution is -0.120. The minimum atomic E-state index is 0.0591. The number of amides is 1. The standard InChI is InChI=1S/C16H22N4O2/c1-12-18-14-3-2-13(10-15(14)19-12)11-16(21)17-4-5-20-6-8-22-9-7-20/h2-3,10H,4-9,11H2,1H3,(H,17,21)(H,18,19). The number of carbonyl (C=O) groups is 1. The molecule has 6 nitrogen and oxygen atoms in total. The number of aryl methyl sites for hydroxylation is 1. The van der Waals surface area contributed by atoms with E-state index in [1.54, 1.807) is 0 Å². The van der Waals surface area contributed by atoms with Crippen LogP contribution in [0.1, 0.15) is 11.4 Å². The van der Waals surface area contributed by atoms with E-state index in [1.807, 2.05) is 25.1 Å². The third-order valence-electron chi connectivity index (χ3n) is 3.88. The number of aromatic nitrogens is 2. The van der Waals surface area contributed by atoms with Gasteiger partial charge in [0.2, 0.25) is 5.91 Å². The van der Waals surface area contributed by atoms with Crippen LogP contribution in [0.5, 0.6) is 0 Å². The fraction of sp³-hybridized carbons (Fsp3) is 0.500. The van der Waals surface area contributed by atoms with Gasteiger partial charge >= 0.3 is 0 Å². The number of nitrogens with one attached hydrogen (secondary N) is 2. The third-order valence-corrected chi connectivity index (χ3v) is 3.88. The summed E-state index contributed by atoms with van der Waals surface area (Å²) in [7, 11) is 0. The van der Waals surface area contributed by atoms with E-state index in [1.165, 1.54) is 0 Å². The Morgan fingerprint density at radius 2 is 2.23 bits per heavy atom. The maximum Gasteiger partial charge on any atom is 0.224 e. The fourth-order valence-corrected chi connectivity index (χ4v) is 2.72. The average molecular weight is 302 g/mol. The van der Waals surface area contributed by atoms with Crippen molar-refractivity contribution in [2.75, 3.05) is 39.4 Å². The molecule has 1 aromatic carbocycles. The predicted octanol–water partition coefficient (Wildman–Crippen LogP) is 0.862. The van der Waals surface area contributed by atoms with Crippen molar-refractivity contribution in [3.63, 3.8) is 0 Å². The SMILES string of the molecule is Cc1nc2ccc(CC(=O)NCCN3CCOCC3)cc2[nH]1. The second-order valence-electron chi connectivity index (χ2n) is 5.65. The number of H-pyrrole nitrogens is 1. The third kappa shape index (κ3) is 3.84. The Hall–Kier alpha value is -1.92. The van der Waals surface area contributed by atoms with E-state index in [4.69, 9.17) is 4.74 Å². The topological polar surface area (TPSA) is 70.2 Å². The van der Waals surface area contributed by atoms with E-state index in [0.717, 1.165) is 55.3 Å². The first-order valence-electron chi connectivity index (χ1n) is 7.73. The molecular weight excluding hydrogens is 280 g/mol. The second-order valence-corrected chi connectivity index (χ2v) is 5.65. The summed E-state index contributed by atoms with van der Waals surface area (Å²) in [6, 6.07) is 5.91. The Kier molecular flexibility index (Phi) is 4.70. The Bertz CT molecular complexity index is 647. The zero-order valence-corrected chi connectivity index (χ0v) is 12.9. The molecule has 2 aromatic rings. The molecule has 1 saturated heterocycles. The normalized spacial score (nSPS) is 16.0. The number of fused-ring (bicyclic) bond motifs is 1. The van der Waals surface area contributed by atoms with E-state index in [-0.39, 0.29) is 5.91 Å². The van der Waals surface area contributed by atoms with Gasteiger partial charge in [-0.25, -0.2) is 4.98 Å². The summed E-state index contributed by atoms with van der Waals surface area (Å²) >= 11 is 0. The molecule has 1 aliphatic rings. The first-order valence-corrected chi connectivity index (χ1v) is 7.73. The lowest BCUT2D eigenvalue weighted by Crippen LogP contribution is -2.41. The molecule has 0 spiro atoms. The molecule has 3 rings (SSSR count). The van der Waals surface area contributed by atoms with Crippen molar-refractivity contribution in [3.8, 4) is 0 Å². The summed E-state index contributed by atoms with van der Waals surface area (Å²) in [6.45, 7) is 6.97. The van der Waals surface area contributed by atoms with Crippen LogP contribution >= 0.6 is 0 Å². The highest BCUT2D eigenvalue weighted by Crippen LogP contribution is 2.13. The fourth-order valence-electron chi connectivity index (χ4n) is 2.72. The molecule has 118 valence electrons. The van der Waals surface area contributed by atoms with E-state index in [0.29, 0.717) is 13.0 Å². The highest BCUT2D eigenvalue weighted by Gasteiger charge is 2.10. The number of imidazole rings is 1. The summed E-state index contributed by atoms with van der Waals surface area (Å²) in [5.41, 5.74) is 2.92. The van der Waals surface area contributed by atoms with Gasteiger partial charge in [0.25, 0.3) is 0 Å². The largest absolute Gasteiger partial charge is 0.379 e. The van der Waals surface area contributed by atoms with Gasteiger partial charge in [-0.15, -0.1) is 0 Å². The minimum absolute atomic E-state index is 0.0591. The summed E-state index contributed by atoms with van der Waals surface area (Å²) in [6.07, 6.45) is 0.400. The van der Waals surface area contributed by atoms with Gasteiger partial charge < -0.3 is 15.0 Å². The number of aromatic amines is 1. The number of morpholine rings is 1. The van der Waals surface area contributed by atoms with Crippen LogP contribution in [0, 0.1) is 6.92 Å². The number of ether oxygens (including phenoxy) is 1. The highest BCUT2D eigenvalue weighted by atomic mass is 16.5. The Balaban J connectivity index is 1.47. The zero-order chi connectivity index (χ0) is 15.4. The van der Waals surface area contributed by atoms with Gasteiger partial charge in [-0.05, 0) is 24.6 Å². The molecule has 0 aliphatic carbocycles. The molecule has 1 amide bonds. The summed E-state index contributed by atoms with van der Waals surface area (Å²) in [4.78, 5) is 21.9. The molecule has 1 aliphatic heterocycles. The minimum Gasteiger partial charge on any atom is -0.379 e. The predicted molar refractivity (Wildman–Crippen MR) is 84.8 cm³/mol. The van der Waals surface area contributed by atoms with E-state index in [2.05, 4.69) is 20.2 Å². The van der Waals surface area contributed by atoms with Gasteiger partial charge in [-0.2, -0.15) is 0 Å². The lowest BCUT2D eigenvalue weighted by atomic mass is 10.1. The molecule has 22 heavy (non-hydrogen) atoms. The number of carbonyl (C=O) groups excluding carboxylic acids is 1. The number of benzene rings is 1. The molecule has 0 unspecified atom stereocenters. The molecule has 1 aromatic heterocycles. The van der Waals surface area contributed by atoms with E-state index >= 15 is 0 Å². The number of hydrogen-bond acceptors (Lipinski definition) is 4. The number of nitrogens with zero attached hydrogens (tertiary/aromatic N) is 2. The van der Waals surface area contributed by atoms with Crippen molar-refractivity contribution < 1.29 is 9.53 Å². The van der Waals surface area contributed by atoms with Gasteiger partial charge in [0.1, 0.15) is 5.82 Å². The van der Waals surface area contributed by atoms with Crippen molar-refractivity contribution in [1.29, 1.82) is 0 Å². The molecule has 2 N–H and O–H groups in total. The maximum atomic E-state index is 12.0. The Morgan fingerprint density at radius 3 is 3.05 bits per heavy atom. The van der Waals surface area contributed by atoms with Crippen molar-refractivity contribution in [1.82, 2.24) is 20.2 Å². The first-order chi connectivity index (χ1) is 10.7. The molecule has 1 fully saturated rings. The summed E-state index contributed by atoms with van der Waals surface area (Å²) < 4.78 is 5.31. The maximum absolute atomic E-state index is 12.0. The smallest absolute Gasteiger partial charge is 0.224 e. The van der Waals surface area contributed by atoms with Crippen LogP contribution in [-0.4, -0.2) is 60.2 Å². The second kappa shape index (κ2) is 6.89. The number of rotatable bonds is 5. The van der Waals surface area contributed by atoms with Gasteiger partial charge in [-0.3, -0.25) is 9.69 Å². The quantitative estimate of drug-likeness (QED) is 0.859. The molecule has 0 radical (unpaired) electrons.